The van der Waals surface area contributed by atoms with Crippen molar-refractivity contribution in [2.24, 2.45) is 35.5 Å². The van der Waals surface area contributed by atoms with Crippen LogP contribution in [0.5, 0.6) is 0 Å². The summed E-state index contributed by atoms with van der Waals surface area (Å²) in [4.78, 5) is 40.0. The van der Waals surface area contributed by atoms with Gasteiger partial charge in [-0.1, -0.05) is 35.4 Å². The normalized spacial score (nSPS) is 36.5. The first-order chi connectivity index (χ1) is 12.9. The van der Waals surface area contributed by atoms with Gasteiger partial charge in [-0.2, -0.15) is 0 Å². The highest BCUT2D eigenvalue weighted by molar-refractivity contribution is 6.42. The van der Waals surface area contributed by atoms with Crippen molar-refractivity contribution in [1.29, 1.82) is 0 Å². The van der Waals surface area contributed by atoms with Crippen LogP contribution < -0.4 is 5.32 Å². The fraction of sp³-hybridized carbons (Fsp3) is 0.450. The van der Waals surface area contributed by atoms with E-state index in [2.05, 4.69) is 17.5 Å². The van der Waals surface area contributed by atoms with Crippen LogP contribution >= 0.6 is 23.2 Å². The smallest absolute Gasteiger partial charge is 0.247 e. The van der Waals surface area contributed by atoms with E-state index in [9.17, 15) is 14.4 Å². The van der Waals surface area contributed by atoms with E-state index in [1.807, 2.05) is 0 Å². The lowest BCUT2D eigenvalue weighted by atomic mass is 9.63. The fourth-order valence-electron chi connectivity index (χ4n) is 5.30. The highest BCUT2D eigenvalue weighted by Gasteiger charge is 2.67. The van der Waals surface area contributed by atoms with Crippen LogP contribution in [0.25, 0.3) is 0 Å². The van der Waals surface area contributed by atoms with Gasteiger partial charge in [0.1, 0.15) is 6.04 Å². The molecule has 7 heteroatoms. The predicted molar refractivity (Wildman–Crippen MR) is 101 cm³/mol. The summed E-state index contributed by atoms with van der Waals surface area (Å²) in [6.07, 6.45) is 5.35. The Hall–Kier alpha value is -1.85. The van der Waals surface area contributed by atoms with Crippen molar-refractivity contribution in [1.82, 2.24) is 4.90 Å². The average molecular weight is 405 g/mol. The van der Waals surface area contributed by atoms with E-state index >= 15 is 0 Å². The molecule has 1 aliphatic heterocycles. The number of allylic oxidation sites excluding steroid dienone is 2. The van der Waals surface area contributed by atoms with E-state index in [1.54, 1.807) is 25.1 Å². The van der Waals surface area contributed by atoms with Crippen LogP contribution in [-0.2, 0) is 14.4 Å². The third kappa shape index (κ3) is 2.41. The molecule has 1 saturated heterocycles. The van der Waals surface area contributed by atoms with Gasteiger partial charge in [0.25, 0.3) is 0 Å². The Morgan fingerprint density at radius 2 is 1.67 bits per heavy atom. The molecule has 140 valence electrons. The number of rotatable bonds is 3. The van der Waals surface area contributed by atoms with E-state index in [4.69, 9.17) is 23.2 Å². The predicted octanol–water partition coefficient (Wildman–Crippen LogP) is 3.37. The van der Waals surface area contributed by atoms with E-state index in [0.29, 0.717) is 27.6 Å². The maximum absolute atomic E-state index is 13.1. The summed E-state index contributed by atoms with van der Waals surface area (Å²) in [5.41, 5.74) is 0.473. The minimum atomic E-state index is -0.874. The summed E-state index contributed by atoms with van der Waals surface area (Å²) in [5.74, 6) is -0.0321. The molecule has 3 fully saturated rings. The maximum Gasteiger partial charge on any atom is 0.247 e. The summed E-state index contributed by atoms with van der Waals surface area (Å²) >= 11 is 11.9. The minimum Gasteiger partial charge on any atom is -0.324 e. The molecule has 2 saturated carbocycles. The van der Waals surface area contributed by atoms with Gasteiger partial charge in [0, 0.05) is 5.69 Å². The van der Waals surface area contributed by atoms with Gasteiger partial charge in [0.05, 0.1) is 21.9 Å². The van der Waals surface area contributed by atoms with Crippen LogP contribution in [0.3, 0.4) is 0 Å². The lowest BCUT2D eigenvalue weighted by molar-refractivity contribution is -0.146. The topological polar surface area (TPSA) is 66.5 Å². The van der Waals surface area contributed by atoms with Crippen LogP contribution in [0.1, 0.15) is 13.3 Å². The summed E-state index contributed by atoms with van der Waals surface area (Å²) in [7, 11) is 0. The highest BCUT2D eigenvalue weighted by Crippen LogP contribution is 2.65. The summed E-state index contributed by atoms with van der Waals surface area (Å²) in [5, 5.41) is 3.43. The molecule has 6 rings (SSSR count). The van der Waals surface area contributed by atoms with Crippen molar-refractivity contribution in [3.05, 3.63) is 40.4 Å². The summed E-state index contributed by atoms with van der Waals surface area (Å²) in [6, 6.07) is 3.88. The van der Waals surface area contributed by atoms with Gasteiger partial charge in [-0.3, -0.25) is 19.3 Å². The zero-order valence-corrected chi connectivity index (χ0v) is 16.1. The number of nitrogens with one attached hydrogen (secondary N) is 1. The number of amides is 3. The van der Waals surface area contributed by atoms with Crippen molar-refractivity contribution >= 4 is 46.6 Å². The first-order valence-electron chi connectivity index (χ1n) is 9.19. The number of hydrogen-bond acceptors (Lipinski definition) is 3. The number of imide groups is 1. The molecule has 2 bridgehead atoms. The van der Waals surface area contributed by atoms with Gasteiger partial charge < -0.3 is 5.32 Å². The number of benzene rings is 1. The van der Waals surface area contributed by atoms with Crippen LogP contribution in [0.2, 0.25) is 10.0 Å². The van der Waals surface area contributed by atoms with E-state index in [0.717, 1.165) is 6.42 Å². The molecule has 5 nitrogen and oxygen atoms in total. The second-order valence-corrected chi connectivity index (χ2v) is 8.81. The standard InChI is InChI=1S/C20H18Cl2N2O3/c1-8(18(25)23-9-2-5-14(21)15(22)6-9)24-19(26)16-10-3-4-11(13-7-12(10)13)17(16)20(24)27/h2-6,8,10-13,16-17H,7H2,1H3,(H,23,25)/t8-,10-,11-,12-,13-,16-,17+/m1/s1. The largest absolute Gasteiger partial charge is 0.324 e. The van der Waals surface area contributed by atoms with Crippen LogP contribution in [0, 0.1) is 35.5 Å². The van der Waals surface area contributed by atoms with Gasteiger partial charge >= 0.3 is 0 Å². The van der Waals surface area contributed by atoms with E-state index in [1.165, 1.54) is 4.90 Å². The van der Waals surface area contributed by atoms with Crippen molar-refractivity contribution < 1.29 is 14.4 Å². The number of hydrogen-bond donors (Lipinski definition) is 1. The third-order valence-electron chi connectivity index (χ3n) is 6.65. The summed E-state index contributed by atoms with van der Waals surface area (Å²) < 4.78 is 0. The number of halogens is 2. The van der Waals surface area contributed by atoms with Gasteiger partial charge in [-0.05, 0) is 55.2 Å². The number of nitrogens with zero attached hydrogens (tertiary/aromatic N) is 1. The number of carbonyl (C=O) groups excluding carboxylic acids is 3. The molecule has 27 heavy (non-hydrogen) atoms. The second kappa shape index (κ2) is 5.82. The Balaban J connectivity index is 1.37. The molecule has 0 unspecified atom stereocenters. The molecule has 7 atom stereocenters. The molecule has 1 N–H and O–H groups in total. The molecule has 4 aliphatic carbocycles. The maximum atomic E-state index is 13.1. The van der Waals surface area contributed by atoms with Gasteiger partial charge in [-0.25, -0.2) is 0 Å². The highest BCUT2D eigenvalue weighted by atomic mass is 35.5. The Morgan fingerprint density at radius 1 is 1.07 bits per heavy atom. The van der Waals surface area contributed by atoms with Crippen molar-refractivity contribution in [3.63, 3.8) is 0 Å². The second-order valence-electron chi connectivity index (χ2n) is 8.00. The van der Waals surface area contributed by atoms with Crippen molar-refractivity contribution in [2.75, 3.05) is 5.32 Å². The molecule has 0 aromatic heterocycles. The molecule has 5 aliphatic rings. The fourth-order valence-corrected chi connectivity index (χ4v) is 5.60. The van der Waals surface area contributed by atoms with E-state index in [-0.39, 0.29) is 35.5 Å². The Morgan fingerprint density at radius 3 is 2.22 bits per heavy atom. The van der Waals surface area contributed by atoms with Gasteiger partial charge in [0.2, 0.25) is 17.7 Å². The zero-order valence-electron chi connectivity index (χ0n) is 14.6. The van der Waals surface area contributed by atoms with Crippen molar-refractivity contribution in [2.45, 2.75) is 19.4 Å². The number of likely N-dealkylation sites (tertiary alicyclic amines) is 1. The van der Waals surface area contributed by atoms with Crippen molar-refractivity contribution in [3.8, 4) is 0 Å². The number of anilines is 1. The monoisotopic (exact) mass is 404 g/mol. The average Bonchev–Trinajstić information content (AvgIpc) is 3.42. The minimum absolute atomic E-state index is 0.150. The van der Waals surface area contributed by atoms with Gasteiger partial charge in [0.15, 0.2) is 0 Å². The first kappa shape index (κ1) is 17.3. The van der Waals surface area contributed by atoms with Gasteiger partial charge in [-0.15, -0.1) is 0 Å². The molecular formula is C20H18Cl2N2O3. The molecule has 1 heterocycles. The molecular weight excluding hydrogens is 387 g/mol. The van der Waals surface area contributed by atoms with E-state index < -0.39 is 11.9 Å². The summed E-state index contributed by atoms with van der Waals surface area (Å²) in [6.45, 7) is 1.59. The molecule has 0 spiro atoms. The zero-order chi connectivity index (χ0) is 19.0. The first-order valence-corrected chi connectivity index (χ1v) is 9.95. The SMILES string of the molecule is C[C@H](C(=O)Nc1ccc(Cl)c(Cl)c1)N1C(=O)[C@@H]2[C@@H]3C=C[C@H]([C@H]4C[C@H]34)[C@@H]2C1=O. The molecule has 1 aromatic carbocycles. The lowest BCUT2D eigenvalue weighted by Gasteiger charge is -2.37. The third-order valence-corrected chi connectivity index (χ3v) is 7.39. The van der Waals surface area contributed by atoms with Crippen LogP contribution in [-0.4, -0.2) is 28.7 Å². The molecule has 0 radical (unpaired) electrons. The Labute approximate surface area is 166 Å². The quantitative estimate of drug-likeness (QED) is 0.620. The lowest BCUT2D eigenvalue weighted by Crippen LogP contribution is -2.46. The van der Waals surface area contributed by atoms with Crippen LogP contribution in [0.15, 0.2) is 30.4 Å². The Kier molecular flexibility index (Phi) is 3.72. The molecule has 3 amide bonds. The molecule has 1 aromatic rings. The van der Waals surface area contributed by atoms with Crippen LogP contribution in [0.4, 0.5) is 5.69 Å². The Bertz CT molecular complexity index is 878. The number of carbonyl (C=O) groups is 3.